The Morgan fingerprint density at radius 2 is 2.06 bits per heavy atom. The lowest BCUT2D eigenvalue weighted by Crippen LogP contribution is -2.36. The minimum atomic E-state index is -0.259. The van der Waals surface area contributed by atoms with Crippen molar-refractivity contribution in [1.82, 2.24) is 10.2 Å². The van der Waals surface area contributed by atoms with Crippen molar-refractivity contribution in [1.29, 1.82) is 0 Å². The molecule has 0 atom stereocenters. The summed E-state index contributed by atoms with van der Waals surface area (Å²) < 4.78 is 1.68. The minimum absolute atomic E-state index is 0.00372. The van der Waals surface area contributed by atoms with Gasteiger partial charge in [0.1, 0.15) is 0 Å². The molecule has 0 spiro atoms. The van der Waals surface area contributed by atoms with Crippen LogP contribution < -0.4 is 5.32 Å². The molecule has 1 rings (SSSR count). The van der Waals surface area contributed by atoms with Crippen LogP contribution in [0.25, 0.3) is 0 Å². The summed E-state index contributed by atoms with van der Waals surface area (Å²) in [5.41, 5.74) is 0.531. The first kappa shape index (κ1) is 14.4. The summed E-state index contributed by atoms with van der Waals surface area (Å²) in [6.45, 7) is 0.00372. The highest BCUT2D eigenvalue weighted by molar-refractivity contribution is 14.1. The van der Waals surface area contributed by atoms with Crippen LogP contribution in [0.2, 0.25) is 0 Å². The van der Waals surface area contributed by atoms with Crippen molar-refractivity contribution in [2.45, 2.75) is 0 Å². The molecule has 0 aliphatic rings. The van der Waals surface area contributed by atoms with Crippen LogP contribution in [0.5, 0.6) is 0 Å². The molecule has 92 valence electrons. The van der Waals surface area contributed by atoms with Crippen molar-refractivity contribution in [3.63, 3.8) is 0 Å². The molecule has 1 N–H and O–H groups in total. The molecule has 6 heteroatoms. The number of likely N-dealkylation sites (N-methyl/N-ethyl adjacent to an activating group) is 1. The predicted octanol–water partition coefficient (Wildman–Crippen LogP) is 1.87. The summed E-state index contributed by atoms with van der Waals surface area (Å²) in [5, 5.41) is 2.58. The van der Waals surface area contributed by atoms with Crippen LogP contribution in [0, 0.1) is 3.57 Å². The third-order valence-electron chi connectivity index (χ3n) is 2.07. The number of hydrogen-bond donors (Lipinski definition) is 1. The Morgan fingerprint density at radius 1 is 1.41 bits per heavy atom. The van der Waals surface area contributed by atoms with Gasteiger partial charge >= 0.3 is 0 Å². The average Bonchev–Trinajstić information content (AvgIpc) is 2.28. The Kier molecular flexibility index (Phi) is 5.38. The van der Waals surface area contributed by atoms with Gasteiger partial charge in [0.15, 0.2) is 0 Å². The summed E-state index contributed by atoms with van der Waals surface area (Å²) in [4.78, 5) is 24.6. The van der Waals surface area contributed by atoms with Crippen LogP contribution in [0.3, 0.4) is 0 Å². The van der Waals surface area contributed by atoms with E-state index in [2.05, 4.69) is 43.8 Å². The molecule has 0 saturated carbocycles. The molecule has 0 aliphatic carbocycles. The fourth-order valence-electron chi connectivity index (χ4n) is 1.08. The standard InChI is InChI=1S/C11H12BrIN2O2/c1-15(2)10(16)6-14-11(17)8-5-7(13)3-4-9(8)12/h3-5H,6H2,1-2H3,(H,14,17). The van der Waals surface area contributed by atoms with Crippen molar-refractivity contribution in [2.75, 3.05) is 20.6 Å². The first-order valence-corrected chi connectivity index (χ1v) is 6.72. The van der Waals surface area contributed by atoms with E-state index < -0.39 is 0 Å². The van der Waals surface area contributed by atoms with E-state index in [1.807, 2.05) is 12.1 Å². The van der Waals surface area contributed by atoms with Crippen molar-refractivity contribution in [2.24, 2.45) is 0 Å². The van der Waals surface area contributed by atoms with Crippen LogP contribution in [-0.2, 0) is 4.79 Å². The van der Waals surface area contributed by atoms with Gasteiger partial charge in [0, 0.05) is 22.1 Å². The normalized spacial score (nSPS) is 9.88. The second-order valence-corrected chi connectivity index (χ2v) is 5.69. The number of benzene rings is 1. The number of hydrogen-bond acceptors (Lipinski definition) is 2. The van der Waals surface area contributed by atoms with Gasteiger partial charge in [-0.05, 0) is 56.7 Å². The number of halogens is 2. The highest BCUT2D eigenvalue weighted by Crippen LogP contribution is 2.19. The largest absolute Gasteiger partial charge is 0.347 e. The molecule has 4 nitrogen and oxygen atoms in total. The highest BCUT2D eigenvalue weighted by Gasteiger charge is 2.12. The third-order valence-corrected chi connectivity index (χ3v) is 3.43. The first-order valence-electron chi connectivity index (χ1n) is 4.85. The fourth-order valence-corrected chi connectivity index (χ4v) is 2.00. The smallest absolute Gasteiger partial charge is 0.252 e. The van der Waals surface area contributed by atoms with E-state index >= 15 is 0 Å². The van der Waals surface area contributed by atoms with Gasteiger partial charge in [-0.2, -0.15) is 0 Å². The van der Waals surface area contributed by atoms with E-state index in [9.17, 15) is 9.59 Å². The van der Waals surface area contributed by atoms with Gasteiger partial charge < -0.3 is 10.2 Å². The predicted molar refractivity (Wildman–Crippen MR) is 77.9 cm³/mol. The van der Waals surface area contributed by atoms with Crippen LogP contribution in [-0.4, -0.2) is 37.4 Å². The van der Waals surface area contributed by atoms with Gasteiger partial charge in [-0.3, -0.25) is 9.59 Å². The molecule has 2 amide bonds. The zero-order valence-electron chi connectivity index (χ0n) is 9.46. The SMILES string of the molecule is CN(C)C(=O)CNC(=O)c1cc(I)ccc1Br. The molecule has 0 aromatic heterocycles. The van der Waals surface area contributed by atoms with Gasteiger partial charge in [-0.15, -0.1) is 0 Å². The summed E-state index contributed by atoms with van der Waals surface area (Å²) in [5.74, 6) is -0.398. The van der Waals surface area contributed by atoms with Crippen molar-refractivity contribution in [3.8, 4) is 0 Å². The maximum absolute atomic E-state index is 11.8. The van der Waals surface area contributed by atoms with E-state index in [1.54, 1.807) is 20.2 Å². The Balaban J connectivity index is 2.70. The molecule has 0 aliphatic heterocycles. The third kappa shape index (κ3) is 4.27. The molecule has 0 saturated heterocycles. The molecular weight excluding hydrogens is 399 g/mol. The van der Waals surface area contributed by atoms with E-state index in [0.29, 0.717) is 10.0 Å². The molecular formula is C11H12BrIN2O2. The van der Waals surface area contributed by atoms with Crippen molar-refractivity contribution in [3.05, 3.63) is 31.8 Å². The maximum Gasteiger partial charge on any atom is 0.252 e. The average molecular weight is 411 g/mol. The van der Waals surface area contributed by atoms with E-state index in [1.165, 1.54) is 4.90 Å². The topological polar surface area (TPSA) is 49.4 Å². The number of rotatable bonds is 3. The summed E-state index contributed by atoms with van der Waals surface area (Å²) >= 11 is 5.44. The summed E-state index contributed by atoms with van der Waals surface area (Å²) in [6, 6.07) is 5.47. The molecule has 0 heterocycles. The van der Waals surface area contributed by atoms with Gasteiger partial charge in [-0.1, -0.05) is 0 Å². The zero-order valence-corrected chi connectivity index (χ0v) is 13.2. The van der Waals surface area contributed by atoms with Gasteiger partial charge in [0.25, 0.3) is 5.91 Å². The maximum atomic E-state index is 11.8. The lowest BCUT2D eigenvalue weighted by Gasteiger charge is -2.11. The van der Waals surface area contributed by atoms with Crippen molar-refractivity contribution >= 4 is 50.3 Å². The Morgan fingerprint density at radius 3 is 2.65 bits per heavy atom. The lowest BCUT2D eigenvalue weighted by molar-refractivity contribution is -0.127. The molecule has 1 aromatic rings. The number of carbonyl (C=O) groups is 2. The lowest BCUT2D eigenvalue weighted by atomic mass is 10.2. The van der Waals surface area contributed by atoms with Gasteiger partial charge in [0.2, 0.25) is 5.91 Å². The fraction of sp³-hybridized carbons (Fsp3) is 0.273. The van der Waals surface area contributed by atoms with Gasteiger partial charge in [-0.25, -0.2) is 0 Å². The first-order chi connectivity index (χ1) is 7.91. The van der Waals surface area contributed by atoms with E-state index in [0.717, 1.165) is 3.57 Å². The van der Waals surface area contributed by atoms with Crippen molar-refractivity contribution < 1.29 is 9.59 Å². The number of amides is 2. The Hall–Kier alpha value is -0.630. The molecule has 0 radical (unpaired) electrons. The second-order valence-electron chi connectivity index (χ2n) is 3.60. The number of nitrogens with one attached hydrogen (secondary N) is 1. The van der Waals surface area contributed by atoms with Crippen LogP contribution >= 0.6 is 38.5 Å². The Bertz CT molecular complexity index is 449. The van der Waals surface area contributed by atoms with Crippen LogP contribution in [0.4, 0.5) is 0 Å². The highest BCUT2D eigenvalue weighted by atomic mass is 127. The summed E-state index contributed by atoms with van der Waals surface area (Å²) in [7, 11) is 3.30. The monoisotopic (exact) mass is 410 g/mol. The van der Waals surface area contributed by atoms with Crippen LogP contribution in [0.15, 0.2) is 22.7 Å². The quantitative estimate of drug-likeness (QED) is 0.773. The minimum Gasteiger partial charge on any atom is -0.347 e. The van der Waals surface area contributed by atoms with Gasteiger partial charge in [0.05, 0.1) is 12.1 Å². The summed E-state index contributed by atoms with van der Waals surface area (Å²) in [6.07, 6.45) is 0. The zero-order chi connectivity index (χ0) is 13.0. The number of nitrogens with zero attached hydrogens (tertiary/aromatic N) is 1. The molecule has 0 unspecified atom stereocenters. The number of carbonyl (C=O) groups excluding carboxylic acids is 2. The molecule has 0 bridgehead atoms. The molecule has 17 heavy (non-hydrogen) atoms. The Labute approximate surface area is 122 Å². The van der Waals surface area contributed by atoms with E-state index in [-0.39, 0.29) is 18.4 Å². The van der Waals surface area contributed by atoms with E-state index in [4.69, 9.17) is 0 Å². The molecule has 1 aromatic carbocycles. The molecule has 0 fully saturated rings. The second kappa shape index (κ2) is 6.34. The van der Waals surface area contributed by atoms with Crippen LogP contribution in [0.1, 0.15) is 10.4 Å².